The molecule has 44 nitrogen and oxygen atoms in total. The molecule has 22 N–H and O–H groups in total. The number of carbonyl (C=O) groups is 11. The normalized spacial score (nSPS) is 23.1. The third-order valence-electron chi connectivity index (χ3n) is 23.9. The maximum atomic E-state index is 11.0. The Balaban J connectivity index is 0. The summed E-state index contributed by atoms with van der Waals surface area (Å²) in [5, 5.41) is 195. The first-order chi connectivity index (χ1) is 59.4. The van der Waals surface area contributed by atoms with Gasteiger partial charge in [0.1, 0.15) is 0 Å². The maximum Gasteiger partial charge on any atom is 0.317 e. The Morgan fingerprint density at radius 2 is 0.301 bits per heavy atom. The van der Waals surface area contributed by atoms with Gasteiger partial charge in [0.25, 0.3) is 0 Å². The summed E-state index contributed by atoms with van der Waals surface area (Å²) < 4.78 is 0. The van der Waals surface area contributed by atoms with Gasteiger partial charge in [0.15, 0.2) is 0 Å². The van der Waals surface area contributed by atoms with Crippen LogP contribution in [0.3, 0.4) is 0 Å². The molecular formula is C89H174N14O30. The van der Waals surface area contributed by atoms with Crippen LogP contribution in [-0.2, 0) is 52.7 Å². The summed E-state index contributed by atoms with van der Waals surface area (Å²) in [5.41, 5.74) is -4.33. The molecule has 0 aromatic carbocycles. The van der Waals surface area contributed by atoms with Gasteiger partial charge >= 0.3 is 47.8 Å². The van der Waals surface area contributed by atoms with Crippen molar-refractivity contribution < 1.29 is 150 Å². The van der Waals surface area contributed by atoms with Crippen LogP contribution in [-0.4, -0.2) is 417 Å². The highest BCUT2D eigenvalue weighted by molar-refractivity contribution is 5.76. The van der Waals surface area contributed by atoms with Crippen LogP contribution in [0, 0.1) is 0 Å². The Bertz CT molecular complexity index is 3100. The summed E-state index contributed by atoms with van der Waals surface area (Å²) in [7, 11) is 0. The number of nitrogens with zero attached hydrogens (tertiary/aromatic N) is 11. The van der Waals surface area contributed by atoms with Gasteiger partial charge in [0.05, 0.1) is 76.8 Å². The molecule has 7 heterocycles. The summed E-state index contributed by atoms with van der Waals surface area (Å²) in [6.07, 6.45) is 8.50. The van der Waals surface area contributed by atoms with Gasteiger partial charge in [-0.25, -0.2) is 0 Å². The van der Waals surface area contributed by atoms with Crippen molar-refractivity contribution >= 4 is 65.5 Å². The summed E-state index contributed by atoms with van der Waals surface area (Å²) in [6, 6.07) is 0.447. The second-order valence-electron chi connectivity index (χ2n) is 45.2. The van der Waals surface area contributed by atoms with Crippen molar-refractivity contribution in [1.29, 1.82) is 0 Å². The molecule has 0 aromatic rings. The summed E-state index contributed by atoms with van der Waals surface area (Å²) in [6.45, 7) is 55.0. The van der Waals surface area contributed by atoms with Crippen LogP contribution in [0.5, 0.6) is 0 Å². The molecule has 3 amide bonds. The smallest absolute Gasteiger partial charge is 0.317 e. The van der Waals surface area contributed by atoms with E-state index in [0.29, 0.717) is 51.4 Å². The van der Waals surface area contributed by atoms with Gasteiger partial charge in [-0.15, -0.1) is 0 Å². The Kier molecular flexibility index (Phi) is 50.0. The van der Waals surface area contributed by atoms with Crippen molar-refractivity contribution in [3.63, 3.8) is 0 Å². The molecule has 44 heteroatoms. The number of hydrogen-bond acceptors (Lipinski definition) is 33. The molecule has 0 atom stereocenters. The number of aliphatic carboxylic acids is 8. The molecule has 0 bridgehead atoms. The molecule has 0 aliphatic carbocycles. The SMILES string of the molecule is CC(=O)NC1CC(C)(C)N(O)C(C)(C)C1.CC(=O)NC1CC(C)(C)N(O)C(C)(C)C1.CC(=O)NC1CC(C)(C)N(O)C(C)(C)C1.CC1(C)CC(O)CC(C)(C)N1O.CC1(C)CC(O)CC(C)(C)N1O.CC1(C)CC(O)CC(C)(C)N1O.CC1(C)CC(O)CC(C)(C)N1O.O=C(O)CN(CCN(CC(=O)O)CC(=O)O)CC(=O)O.O=C(O)CN(CCN(CC(=O)O)CC(=O)O)CC(=O)O. The highest BCUT2D eigenvalue weighted by Gasteiger charge is 2.51. The molecule has 7 aliphatic heterocycles. The van der Waals surface area contributed by atoms with Crippen molar-refractivity contribution in [1.82, 2.24) is 71.0 Å². The predicted molar refractivity (Wildman–Crippen MR) is 491 cm³/mol. The molecule has 0 radical (unpaired) electrons. The molecule has 7 aliphatic rings. The van der Waals surface area contributed by atoms with Crippen molar-refractivity contribution in [2.75, 3.05) is 78.5 Å². The van der Waals surface area contributed by atoms with E-state index in [1.807, 2.05) is 194 Å². The van der Waals surface area contributed by atoms with Crippen LogP contribution in [0.25, 0.3) is 0 Å². The Labute approximate surface area is 786 Å². The second-order valence-corrected chi connectivity index (χ2v) is 45.2. The van der Waals surface area contributed by atoms with Gasteiger partial charge in [-0.3, -0.25) is 72.3 Å². The van der Waals surface area contributed by atoms with E-state index in [0.717, 1.165) is 58.1 Å². The monoisotopic (exact) mass is 1920 g/mol. The fourth-order valence-corrected chi connectivity index (χ4v) is 19.8. The van der Waals surface area contributed by atoms with Crippen LogP contribution in [0.2, 0.25) is 0 Å². The third-order valence-corrected chi connectivity index (χ3v) is 23.9. The zero-order valence-electron chi connectivity index (χ0n) is 85.3. The summed E-state index contributed by atoms with van der Waals surface area (Å²) in [5.74, 6) is -9.83. The van der Waals surface area contributed by atoms with E-state index in [-0.39, 0.29) is 164 Å². The largest absolute Gasteiger partial charge is 0.480 e. The molecule has 0 aromatic heterocycles. The van der Waals surface area contributed by atoms with E-state index in [2.05, 4.69) is 16.0 Å². The number of carbonyl (C=O) groups excluding carboxylic acids is 3. The molecule has 0 saturated carbocycles. The van der Waals surface area contributed by atoms with Crippen LogP contribution >= 0.6 is 0 Å². The van der Waals surface area contributed by atoms with Crippen LogP contribution in [0.4, 0.5) is 0 Å². The number of nitrogens with one attached hydrogen (secondary N) is 3. The van der Waals surface area contributed by atoms with E-state index in [1.54, 1.807) is 0 Å². The third kappa shape index (κ3) is 47.0. The fourth-order valence-electron chi connectivity index (χ4n) is 19.8. The van der Waals surface area contributed by atoms with Crippen LogP contribution in [0.1, 0.15) is 305 Å². The average molecular weight is 1920 g/mol. The van der Waals surface area contributed by atoms with Crippen molar-refractivity contribution in [3.05, 3.63) is 0 Å². The van der Waals surface area contributed by atoms with E-state index in [9.17, 15) is 110 Å². The minimum Gasteiger partial charge on any atom is -0.480 e. The van der Waals surface area contributed by atoms with Crippen molar-refractivity contribution in [2.45, 2.75) is 425 Å². The zero-order valence-corrected chi connectivity index (χ0v) is 85.3. The molecule has 7 rings (SSSR count). The number of hydroxylamine groups is 14. The number of amides is 3. The van der Waals surface area contributed by atoms with Gasteiger partial charge in [0, 0.05) is 143 Å². The van der Waals surface area contributed by atoms with Gasteiger partial charge in [0.2, 0.25) is 17.7 Å². The van der Waals surface area contributed by atoms with Crippen molar-refractivity contribution in [2.24, 2.45) is 0 Å². The summed E-state index contributed by atoms with van der Waals surface area (Å²) >= 11 is 0. The molecule has 0 spiro atoms. The Hall–Kier alpha value is -6.71. The number of piperidine rings is 7. The van der Waals surface area contributed by atoms with Gasteiger partial charge in [-0.1, -0.05) is 0 Å². The standard InChI is InChI=1S/3C11H22N2O2.2C10H16N2O8.4C9H19NO2/c3*1-8(14)12-9-6-10(2,3)13(15)11(4,5)7-9;2*13-7(14)3-11(4-8(15)16)1-2-12(5-9(17)18)6-10(19)20;4*1-8(2)5-7(11)6-9(3,4)10(8)12/h3*9,15H,6-7H2,1-5H3,(H,12,14);2*1-6H2,(H,13,14)(H,15,16)(H,17,18)(H,19,20);4*7,11-12H,5-6H2,1-4H3. The maximum absolute atomic E-state index is 11.0. The van der Waals surface area contributed by atoms with E-state index < -0.39 is 100 Å². The van der Waals surface area contributed by atoms with E-state index in [4.69, 9.17) is 40.9 Å². The minimum atomic E-state index is -1.23. The lowest BCUT2D eigenvalue weighted by molar-refractivity contribution is -0.257. The lowest BCUT2D eigenvalue weighted by Gasteiger charge is -2.51. The topological polar surface area (TPSA) is 644 Å². The minimum absolute atomic E-state index is 0.00186. The van der Waals surface area contributed by atoms with Gasteiger partial charge < -0.3 is 114 Å². The number of aliphatic hydroxyl groups excluding tert-OH is 4. The first kappa shape index (κ1) is 128. The van der Waals surface area contributed by atoms with Crippen LogP contribution in [0.15, 0.2) is 0 Å². The zero-order chi connectivity index (χ0) is 105. The first-order valence-electron chi connectivity index (χ1n) is 45.0. The van der Waals surface area contributed by atoms with E-state index in [1.165, 1.54) is 56.2 Å². The second kappa shape index (κ2) is 51.8. The summed E-state index contributed by atoms with van der Waals surface area (Å²) in [4.78, 5) is 122. The highest BCUT2D eigenvalue weighted by atomic mass is 16.5. The molecular weight excluding hydrogens is 1750 g/mol. The quantitative estimate of drug-likeness (QED) is 0.0497. The molecule has 780 valence electrons. The number of rotatable bonds is 25. The Morgan fingerprint density at radius 1 is 0.211 bits per heavy atom. The highest BCUT2D eigenvalue weighted by Crippen LogP contribution is 2.43. The number of aliphatic hydroxyl groups is 4. The van der Waals surface area contributed by atoms with E-state index >= 15 is 0 Å². The number of carboxylic acid groups (broad SMARTS) is 8. The molecule has 133 heavy (non-hydrogen) atoms. The predicted octanol–water partition coefficient (Wildman–Crippen LogP) is 6.02. The number of hydrogen-bond donors (Lipinski definition) is 22. The fraction of sp³-hybridized carbons (Fsp3) is 0.876. The van der Waals surface area contributed by atoms with Crippen LogP contribution < -0.4 is 16.0 Å². The molecule has 7 fully saturated rings. The molecule has 7 saturated heterocycles. The number of carboxylic acids is 8. The Morgan fingerprint density at radius 3 is 0.383 bits per heavy atom. The van der Waals surface area contributed by atoms with Gasteiger partial charge in [-0.2, -0.15) is 35.4 Å². The lowest BCUT2D eigenvalue weighted by Crippen LogP contribution is -2.62. The average Bonchev–Trinajstić information content (AvgIpc) is 0.871. The molecule has 0 unspecified atom stereocenters. The van der Waals surface area contributed by atoms with Crippen molar-refractivity contribution in [3.8, 4) is 0 Å². The first-order valence-corrected chi connectivity index (χ1v) is 45.0. The van der Waals surface area contributed by atoms with Gasteiger partial charge in [-0.05, 0) is 284 Å². The lowest BCUT2D eigenvalue weighted by atomic mass is 9.79.